The van der Waals surface area contributed by atoms with Gasteiger partial charge < -0.3 is 4.90 Å². The van der Waals surface area contributed by atoms with Gasteiger partial charge in [-0.3, -0.25) is 4.90 Å². The number of alkyl halides is 1. The van der Waals surface area contributed by atoms with Crippen molar-refractivity contribution in [3.05, 3.63) is 34.3 Å². The Morgan fingerprint density at radius 2 is 1.61 bits per heavy atom. The van der Waals surface area contributed by atoms with E-state index in [0.29, 0.717) is 0 Å². The molecule has 1 aliphatic rings. The van der Waals surface area contributed by atoms with Crippen molar-refractivity contribution in [1.29, 1.82) is 0 Å². The molecule has 1 aromatic carbocycles. The van der Waals surface area contributed by atoms with Crippen LogP contribution in [0.15, 0.2) is 28.7 Å². The molecule has 0 radical (unpaired) electrons. The monoisotopic (exact) mass is 330 g/mol. The highest BCUT2D eigenvalue weighted by Gasteiger charge is 2.16. The van der Waals surface area contributed by atoms with E-state index >= 15 is 0 Å². The normalized spacial score (nSPS) is 18.1. The minimum atomic E-state index is 0.777. The lowest BCUT2D eigenvalue weighted by Gasteiger charge is -2.34. The lowest BCUT2D eigenvalue weighted by molar-refractivity contribution is 0.127. The van der Waals surface area contributed by atoms with Crippen molar-refractivity contribution in [3.63, 3.8) is 0 Å². The second kappa shape index (κ2) is 7.49. The molecule has 1 aromatic rings. The van der Waals surface area contributed by atoms with E-state index in [1.807, 2.05) is 0 Å². The second-order valence-electron chi connectivity index (χ2n) is 4.79. The summed E-state index contributed by atoms with van der Waals surface area (Å²) < 4.78 is 1.15. The SMILES string of the molecule is ClCCCN1CCN(Cc2ccc(Br)cc2)CC1. The molecule has 0 aromatic heterocycles. The molecule has 100 valence electrons. The highest BCUT2D eigenvalue weighted by molar-refractivity contribution is 9.10. The quantitative estimate of drug-likeness (QED) is 0.765. The third-order valence-corrected chi connectivity index (χ3v) is 4.19. The molecule has 2 rings (SSSR count). The zero-order valence-electron chi connectivity index (χ0n) is 10.6. The van der Waals surface area contributed by atoms with Crippen LogP contribution < -0.4 is 0 Å². The van der Waals surface area contributed by atoms with Crippen LogP contribution in [0.2, 0.25) is 0 Å². The first kappa shape index (κ1) is 14.3. The Balaban J connectivity index is 1.74. The van der Waals surface area contributed by atoms with E-state index in [-0.39, 0.29) is 0 Å². The Hall–Kier alpha value is -0.0900. The fourth-order valence-electron chi connectivity index (χ4n) is 2.30. The fraction of sp³-hybridized carbons (Fsp3) is 0.571. The first-order valence-corrected chi connectivity index (χ1v) is 7.86. The molecule has 0 saturated carbocycles. The van der Waals surface area contributed by atoms with Crippen molar-refractivity contribution < 1.29 is 0 Å². The average Bonchev–Trinajstić information content (AvgIpc) is 2.41. The van der Waals surface area contributed by atoms with Gasteiger partial charge in [-0.15, -0.1) is 11.6 Å². The number of hydrogen-bond donors (Lipinski definition) is 0. The van der Waals surface area contributed by atoms with Crippen LogP contribution in [0.3, 0.4) is 0 Å². The fourth-order valence-corrected chi connectivity index (χ4v) is 2.69. The van der Waals surface area contributed by atoms with Gasteiger partial charge in [-0.1, -0.05) is 28.1 Å². The summed E-state index contributed by atoms with van der Waals surface area (Å²) in [7, 11) is 0. The second-order valence-corrected chi connectivity index (χ2v) is 6.08. The Morgan fingerprint density at radius 3 is 2.22 bits per heavy atom. The first-order chi connectivity index (χ1) is 8.78. The zero-order valence-corrected chi connectivity index (χ0v) is 13.0. The summed E-state index contributed by atoms with van der Waals surface area (Å²) in [5.41, 5.74) is 1.40. The van der Waals surface area contributed by atoms with E-state index < -0.39 is 0 Å². The van der Waals surface area contributed by atoms with Gasteiger partial charge in [-0.05, 0) is 30.7 Å². The summed E-state index contributed by atoms with van der Waals surface area (Å²) in [5, 5.41) is 0. The maximum absolute atomic E-state index is 5.73. The number of piperazine rings is 1. The highest BCUT2D eigenvalue weighted by atomic mass is 79.9. The zero-order chi connectivity index (χ0) is 12.8. The van der Waals surface area contributed by atoms with Gasteiger partial charge in [0, 0.05) is 43.1 Å². The largest absolute Gasteiger partial charge is 0.301 e. The summed E-state index contributed by atoms with van der Waals surface area (Å²) in [6, 6.07) is 8.63. The Morgan fingerprint density at radius 1 is 1.00 bits per heavy atom. The maximum Gasteiger partial charge on any atom is 0.0235 e. The smallest absolute Gasteiger partial charge is 0.0235 e. The number of halogens is 2. The molecule has 1 saturated heterocycles. The number of rotatable bonds is 5. The summed E-state index contributed by atoms with van der Waals surface area (Å²) >= 11 is 9.20. The molecule has 2 nitrogen and oxygen atoms in total. The predicted octanol–water partition coefficient (Wildman–Crippen LogP) is 3.20. The van der Waals surface area contributed by atoms with Crippen LogP contribution in [-0.4, -0.2) is 48.4 Å². The summed E-state index contributed by atoms with van der Waals surface area (Å²) in [5.74, 6) is 0.777. The summed E-state index contributed by atoms with van der Waals surface area (Å²) in [6.45, 7) is 6.89. The Kier molecular flexibility index (Phi) is 5.96. The number of hydrogen-bond acceptors (Lipinski definition) is 2. The van der Waals surface area contributed by atoms with Crippen LogP contribution in [0.4, 0.5) is 0 Å². The predicted molar refractivity (Wildman–Crippen MR) is 81.2 cm³/mol. The van der Waals surface area contributed by atoms with Crippen molar-refractivity contribution in [3.8, 4) is 0 Å². The minimum Gasteiger partial charge on any atom is -0.301 e. The molecule has 0 unspecified atom stereocenters. The minimum absolute atomic E-state index is 0.777. The lowest BCUT2D eigenvalue weighted by atomic mass is 10.2. The van der Waals surface area contributed by atoms with Gasteiger partial charge in [0.15, 0.2) is 0 Å². The van der Waals surface area contributed by atoms with Gasteiger partial charge in [0.05, 0.1) is 0 Å². The maximum atomic E-state index is 5.73. The molecule has 0 amide bonds. The molecule has 1 fully saturated rings. The molecular formula is C14H20BrClN2. The Bertz CT molecular complexity index is 347. The van der Waals surface area contributed by atoms with Gasteiger partial charge >= 0.3 is 0 Å². The van der Waals surface area contributed by atoms with E-state index in [0.717, 1.165) is 29.9 Å². The number of benzene rings is 1. The molecular weight excluding hydrogens is 312 g/mol. The molecule has 0 bridgehead atoms. The lowest BCUT2D eigenvalue weighted by Crippen LogP contribution is -2.46. The van der Waals surface area contributed by atoms with E-state index in [9.17, 15) is 0 Å². The molecule has 18 heavy (non-hydrogen) atoms. The van der Waals surface area contributed by atoms with Crippen LogP contribution in [0.5, 0.6) is 0 Å². The van der Waals surface area contributed by atoms with Gasteiger partial charge in [0.25, 0.3) is 0 Å². The molecule has 4 heteroatoms. The Labute approximate surface area is 123 Å². The van der Waals surface area contributed by atoms with Crippen LogP contribution in [0.25, 0.3) is 0 Å². The number of nitrogens with zero attached hydrogens (tertiary/aromatic N) is 2. The van der Waals surface area contributed by atoms with E-state index in [1.54, 1.807) is 0 Å². The van der Waals surface area contributed by atoms with Crippen LogP contribution in [0, 0.1) is 0 Å². The molecule has 1 aliphatic heterocycles. The molecule has 1 heterocycles. The van der Waals surface area contributed by atoms with E-state index in [1.165, 1.54) is 31.7 Å². The van der Waals surface area contributed by atoms with Crippen molar-refractivity contribution >= 4 is 27.5 Å². The summed E-state index contributed by atoms with van der Waals surface area (Å²) in [4.78, 5) is 5.04. The van der Waals surface area contributed by atoms with Gasteiger partial charge in [0.2, 0.25) is 0 Å². The summed E-state index contributed by atoms with van der Waals surface area (Å²) in [6.07, 6.45) is 1.11. The van der Waals surface area contributed by atoms with Crippen LogP contribution >= 0.6 is 27.5 Å². The van der Waals surface area contributed by atoms with Crippen molar-refractivity contribution in [2.45, 2.75) is 13.0 Å². The van der Waals surface area contributed by atoms with Crippen molar-refractivity contribution in [2.24, 2.45) is 0 Å². The van der Waals surface area contributed by atoms with Gasteiger partial charge in [-0.2, -0.15) is 0 Å². The van der Waals surface area contributed by atoms with E-state index in [2.05, 4.69) is 50.0 Å². The molecule has 0 N–H and O–H groups in total. The van der Waals surface area contributed by atoms with E-state index in [4.69, 9.17) is 11.6 Å². The molecule has 0 spiro atoms. The van der Waals surface area contributed by atoms with Crippen LogP contribution in [-0.2, 0) is 6.54 Å². The van der Waals surface area contributed by atoms with Gasteiger partial charge in [0.1, 0.15) is 0 Å². The third-order valence-electron chi connectivity index (χ3n) is 3.39. The highest BCUT2D eigenvalue weighted by Crippen LogP contribution is 2.13. The molecule has 0 aliphatic carbocycles. The molecule has 0 atom stereocenters. The van der Waals surface area contributed by atoms with Crippen LogP contribution in [0.1, 0.15) is 12.0 Å². The third kappa shape index (κ3) is 4.54. The topological polar surface area (TPSA) is 6.48 Å². The standard InChI is InChI=1S/C14H20BrClN2/c15-14-4-2-13(3-5-14)12-18-10-8-17(9-11-18)7-1-6-16/h2-5H,1,6-12H2. The average molecular weight is 332 g/mol. The van der Waals surface area contributed by atoms with Gasteiger partial charge in [-0.25, -0.2) is 0 Å². The van der Waals surface area contributed by atoms with Crippen molar-refractivity contribution in [1.82, 2.24) is 9.80 Å². The first-order valence-electron chi connectivity index (χ1n) is 6.53. The van der Waals surface area contributed by atoms with Crippen molar-refractivity contribution in [2.75, 3.05) is 38.6 Å².